The minimum atomic E-state index is -0.0479. The van der Waals surface area contributed by atoms with Gasteiger partial charge in [-0.2, -0.15) is 0 Å². The van der Waals surface area contributed by atoms with Crippen molar-refractivity contribution in [2.24, 2.45) is 0 Å². The number of unbranched alkanes of at least 4 members (excludes halogenated alkanes) is 1. The second-order valence-electron chi connectivity index (χ2n) is 6.32. The lowest BCUT2D eigenvalue weighted by atomic mass is 10.1. The molecule has 2 heterocycles. The number of anilines is 1. The third-order valence-electron chi connectivity index (χ3n) is 4.52. The lowest BCUT2D eigenvalue weighted by Gasteiger charge is -2.35. The van der Waals surface area contributed by atoms with E-state index < -0.39 is 0 Å². The molecule has 0 saturated carbocycles. The fourth-order valence-electron chi connectivity index (χ4n) is 3.04. The van der Waals surface area contributed by atoms with Crippen molar-refractivity contribution < 1.29 is 14.4 Å². The molecule has 25 heavy (non-hydrogen) atoms. The molecule has 1 N–H and O–H groups in total. The molecule has 0 atom stereocenters. The molecule has 0 bridgehead atoms. The van der Waals surface area contributed by atoms with Crippen LogP contribution in [0.1, 0.15) is 36.5 Å². The van der Waals surface area contributed by atoms with Crippen LogP contribution in [0.15, 0.2) is 23.1 Å². The van der Waals surface area contributed by atoms with Gasteiger partial charge >= 0.3 is 0 Å². The van der Waals surface area contributed by atoms with Crippen molar-refractivity contribution in [3.63, 3.8) is 0 Å². The summed E-state index contributed by atoms with van der Waals surface area (Å²) in [6.07, 6.45) is 2.51. The molecule has 6 nitrogen and oxygen atoms in total. The maximum Gasteiger partial charge on any atom is 0.254 e. The van der Waals surface area contributed by atoms with E-state index >= 15 is 0 Å². The second-order valence-corrected chi connectivity index (χ2v) is 7.34. The van der Waals surface area contributed by atoms with Crippen LogP contribution >= 0.6 is 11.8 Å². The average molecular weight is 361 g/mol. The Hall–Kier alpha value is -2.02. The first-order valence-corrected chi connectivity index (χ1v) is 9.71. The van der Waals surface area contributed by atoms with E-state index in [1.807, 2.05) is 17.0 Å². The lowest BCUT2D eigenvalue weighted by molar-refractivity contribution is -0.132. The normalized spacial score (nSPS) is 17.1. The van der Waals surface area contributed by atoms with Crippen molar-refractivity contribution in [1.82, 2.24) is 9.80 Å². The highest BCUT2D eigenvalue weighted by Gasteiger charge is 2.25. The molecule has 0 spiro atoms. The standard InChI is InChI=1S/C18H23N3O3S/c1-2-3-4-17(23)20-7-9-21(10-8-20)18(24)13-5-6-15-14(11-13)19-16(22)12-25-15/h5-6,11H,2-4,7-10,12H2,1H3,(H,19,22). The second kappa shape index (κ2) is 7.91. The number of piperazine rings is 1. The molecule has 3 amide bonds. The van der Waals surface area contributed by atoms with Crippen molar-refractivity contribution in [3.8, 4) is 0 Å². The van der Waals surface area contributed by atoms with Crippen molar-refractivity contribution >= 4 is 35.2 Å². The van der Waals surface area contributed by atoms with Crippen molar-refractivity contribution in [3.05, 3.63) is 23.8 Å². The summed E-state index contributed by atoms with van der Waals surface area (Å²) in [4.78, 5) is 40.9. The molecular formula is C18H23N3O3S. The van der Waals surface area contributed by atoms with Crippen LogP contribution in [0.2, 0.25) is 0 Å². The van der Waals surface area contributed by atoms with E-state index in [-0.39, 0.29) is 17.7 Å². The Labute approximate surface area is 151 Å². The van der Waals surface area contributed by atoms with Crippen LogP contribution in [0.3, 0.4) is 0 Å². The molecule has 134 valence electrons. The van der Waals surface area contributed by atoms with Gasteiger partial charge in [-0.25, -0.2) is 0 Å². The zero-order chi connectivity index (χ0) is 17.8. The maximum absolute atomic E-state index is 12.7. The number of benzene rings is 1. The fraction of sp³-hybridized carbons (Fsp3) is 0.500. The van der Waals surface area contributed by atoms with Gasteiger partial charge in [-0.1, -0.05) is 13.3 Å². The largest absolute Gasteiger partial charge is 0.339 e. The Morgan fingerprint density at radius 2 is 1.88 bits per heavy atom. The molecule has 7 heteroatoms. The number of carbonyl (C=O) groups is 3. The fourth-order valence-corrected chi connectivity index (χ4v) is 3.83. The van der Waals surface area contributed by atoms with Gasteiger partial charge in [-0.3, -0.25) is 14.4 Å². The number of thioether (sulfide) groups is 1. The number of hydrogen-bond acceptors (Lipinski definition) is 4. The van der Waals surface area contributed by atoms with Crippen molar-refractivity contribution in [1.29, 1.82) is 0 Å². The lowest BCUT2D eigenvalue weighted by Crippen LogP contribution is -2.50. The number of nitrogens with one attached hydrogen (secondary N) is 1. The first-order chi connectivity index (χ1) is 12.1. The number of carbonyl (C=O) groups excluding carboxylic acids is 3. The van der Waals surface area contributed by atoms with Crippen LogP contribution in [0, 0.1) is 0 Å². The van der Waals surface area contributed by atoms with Crippen LogP contribution in [-0.4, -0.2) is 59.5 Å². The molecule has 0 aromatic heterocycles. The summed E-state index contributed by atoms with van der Waals surface area (Å²) in [6, 6.07) is 5.45. The van der Waals surface area contributed by atoms with Crippen LogP contribution < -0.4 is 5.32 Å². The van der Waals surface area contributed by atoms with Crippen LogP contribution in [0.4, 0.5) is 5.69 Å². The predicted molar refractivity (Wildman–Crippen MR) is 97.8 cm³/mol. The molecule has 1 fully saturated rings. The van der Waals surface area contributed by atoms with E-state index in [0.29, 0.717) is 49.6 Å². The number of hydrogen-bond donors (Lipinski definition) is 1. The van der Waals surface area contributed by atoms with Crippen LogP contribution in [0.25, 0.3) is 0 Å². The summed E-state index contributed by atoms with van der Waals surface area (Å²) >= 11 is 1.48. The minimum absolute atomic E-state index is 0.0405. The number of rotatable bonds is 4. The molecule has 0 aliphatic carbocycles. The summed E-state index contributed by atoms with van der Waals surface area (Å²) in [5.74, 6) is 0.506. The Bertz CT molecular complexity index is 684. The molecule has 1 aromatic carbocycles. The highest BCUT2D eigenvalue weighted by atomic mass is 32.2. The number of nitrogens with zero attached hydrogens (tertiary/aromatic N) is 2. The summed E-state index contributed by atoms with van der Waals surface area (Å²) in [6.45, 7) is 4.35. The first kappa shape index (κ1) is 17.8. The Balaban J connectivity index is 1.60. The molecule has 3 rings (SSSR count). The first-order valence-electron chi connectivity index (χ1n) is 8.72. The molecule has 0 unspecified atom stereocenters. The van der Waals surface area contributed by atoms with Gasteiger partial charge in [0.1, 0.15) is 0 Å². The van der Waals surface area contributed by atoms with Gasteiger partial charge in [-0.05, 0) is 24.6 Å². The zero-order valence-corrected chi connectivity index (χ0v) is 15.2. The van der Waals surface area contributed by atoms with Crippen molar-refractivity contribution in [2.45, 2.75) is 31.1 Å². The van der Waals surface area contributed by atoms with E-state index in [2.05, 4.69) is 12.2 Å². The van der Waals surface area contributed by atoms with Gasteiger partial charge in [0.25, 0.3) is 5.91 Å². The van der Waals surface area contributed by atoms with Gasteiger partial charge in [0.15, 0.2) is 0 Å². The van der Waals surface area contributed by atoms with Gasteiger partial charge in [0.2, 0.25) is 11.8 Å². The van der Waals surface area contributed by atoms with Crippen molar-refractivity contribution in [2.75, 3.05) is 37.2 Å². The topological polar surface area (TPSA) is 69.7 Å². The van der Waals surface area contributed by atoms with E-state index in [9.17, 15) is 14.4 Å². The molecule has 0 radical (unpaired) electrons. The zero-order valence-electron chi connectivity index (χ0n) is 14.4. The summed E-state index contributed by atoms with van der Waals surface area (Å²) in [5, 5.41) is 2.82. The van der Waals surface area contributed by atoms with Crippen LogP contribution in [-0.2, 0) is 9.59 Å². The molecule has 2 aliphatic heterocycles. The van der Waals surface area contributed by atoms with Gasteiger partial charge in [0, 0.05) is 43.1 Å². The van der Waals surface area contributed by atoms with Gasteiger partial charge < -0.3 is 15.1 Å². The quantitative estimate of drug-likeness (QED) is 0.893. The SMILES string of the molecule is CCCCC(=O)N1CCN(C(=O)c2ccc3c(c2)NC(=O)CS3)CC1. The minimum Gasteiger partial charge on any atom is -0.339 e. The van der Waals surface area contributed by atoms with E-state index in [0.717, 1.165) is 17.7 Å². The summed E-state index contributed by atoms with van der Waals surface area (Å²) < 4.78 is 0. The van der Waals surface area contributed by atoms with E-state index in [1.165, 1.54) is 11.8 Å². The third-order valence-corrected chi connectivity index (χ3v) is 5.60. The Kier molecular flexibility index (Phi) is 5.63. The highest BCUT2D eigenvalue weighted by Crippen LogP contribution is 2.32. The molecular weight excluding hydrogens is 338 g/mol. The number of fused-ring (bicyclic) bond motifs is 1. The number of amides is 3. The summed E-state index contributed by atoms with van der Waals surface area (Å²) in [7, 11) is 0. The monoisotopic (exact) mass is 361 g/mol. The van der Waals surface area contributed by atoms with Gasteiger partial charge in [-0.15, -0.1) is 11.8 Å². The van der Waals surface area contributed by atoms with Crippen LogP contribution in [0.5, 0.6) is 0 Å². The third kappa shape index (κ3) is 4.15. The Morgan fingerprint density at radius 3 is 2.60 bits per heavy atom. The van der Waals surface area contributed by atoms with Gasteiger partial charge in [0.05, 0.1) is 11.4 Å². The molecule has 1 saturated heterocycles. The predicted octanol–water partition coefficient (Wildman–Crippen LogP) is 2.21. The Morgan fingerprint density at radius 1 is 1.16 bits per heavy atom. The molecule has 2 aliphatic rings. The van der Waals surface area contributed by atoms with E-state index in [4.69, 9.17) is 0 Å². The van der Waals surface area contributed by atoms with E-state index in [1.54, 1.807) is 11.0 Å². The highest BCUT2D eigenvalue weighted by molar-refractivity contribution is 8.00. The molecule has 1 aromatic rings. The smallest absolute Gasteiger partial charge is 0.254 e. The average Bonchev–Trinajstić information content (AvgIpc) is 2.65. The maximum atomic E-state index is 12.7. The summed E-state index contributed by atoms with van der Waals surface area (Å²) in [5.41, 5.74) is 1.28.